The van der Waals surface area contributed by atoms with Crippen LogP contribution in [-0.4, -0.2) is 24.8 Å². The van der Waals surface area contributed by atoms with Crippen LogP contribution in [0.25, 0.3) is 0 Å². The van der Waals surface area contributed by atoms with Crippen LogP contribution in [0.2, 0.25) is 0 Å². The van der Waals surface area contributed by atoms with Gasteiger partial charge in [-0.15, -0.1) is 0 Å². The lowest BCUT2D eigenvalue weighted by molar-refractivity contribution is -0.115. The molecule has 0 aromatic heterocycles. The molecule has 0 unspecified atom stereocenters. The number of hydrogen-bond acceptors (Lipinski definition) is 3. The molecule has 0 saturated heterocycles. The number of nitrogens with one attached hydrogen (secondary N) is 1. The standard InChI is InChI=1S/C16H14N2O2/c19-15(12-6-2-1-3-7-12)10-18-11-16(20)17-13-8-4-5-9-14(13)18/h1-9H,10-11H2,(H,17,20). The number of anilines is 2. The number of Topliss-reactive ketones (excluding diaryl/α,β-unsaturated/α-hetero) is 1. The fraction of sp³-hybridized carbons (Fsp3) is 0.125. The second-order valence-corrected chi connectivity index (χ2v) is 4.71. The minimum absolute atomic E-state index is 0.00935. The lowest BCUT2D eigenvalue weighted by atomic mass is 10.1. The molecule has 20 heavy (non-hydrogen) atoms. The van der Waals surface area contributed by atoms with E-state index in [4.69, 9.17) is 0 Å². The fourth-order valence-corrected chi connectivity index (χ4v) is 2.33. The van der Waals surface area contributed by atoms with Crippen molar-refractivity contribution in [2.45, 2.75) is 0 Å². The highest BCUT2D eigenvalue weighted by Crippen LogP contribution is 2.28. The quantitative estimate of drug-likeness (QED) is 0.867. The Labute approximate surface area is 117 Å². The number of hydrogen-bond donors (Lipinski definition) is 1. The number of rotatable bonds is 3. The summed E-state index contributed by atoms with van der Waals surface area (Å²) in [6.45, 7) is 0.407. The molecule has 0 radical (unpaired) electrons. The molecule has 0 saturated carbocycles. The van der Waals surface area contributed by atoms with Crippen molar-refractivity contribution >= 4 is 23.1 Å². The molecule has 2 aromatic rings. The van der Waals surface area contributed by atoms with E-state index < -0.39 is 0 Å². The Morgan fingerprint density at radius 1 is 1.05 bits per heavy atom. The number of fused-ring (bicyclic) bond motifs is 1. The first-order valence-corrected chi connectivity index (χ1v) is 6.46. The maximum atomic E-state index is 12.3. The van der Waals surface area contributed by atoms with Crippen LogP contribution in [0.5, 0.6) is 0 Å². The van der Waals surface area contributed by atoms with Crippen molar-refractivity contribution in [2.75, 3.05) is 23.3 Å². The van der Waals surface area contributed by atoms with Gasteiger partial charge in [0.05, 0.1) is 24.5 Å². The molecule has 4 nitrogen and oxygen atoms in total. The molecule has 100 valence electrons. The number of benzene rings is 2. The van der Waals surface area contributed by atoms with Gasteiger partial charge in [0.15, 0.2) is 5.78 Å². The predicted molar refractivity (Wildman–Crippen MR) is 78.1 cm³/mol. The molecular formula is C16H14N2O2. The second-order valence-electron chi connectivity index (χ2n) is 4.71. The molecule has 1 amide bonds. The van der Waals surface area contributed by atoms with Crippen molar-refractivity contribution in [3.63, 3.8) is 0 Å². The molecule has 0 spiro atoms. The molecule has 1 heterocycles. The van der Waals surface area contributed by atoms with Crippen molar-refractivity contribution < 1.29 is 9.59 Å². The van der Waals surface area contributed by atoms with Gasteiger partial charge in [-0.25, -0.2) is 0 Å². The first kappa shape index (κ1) is 12.4. The van der Waals surface area contributed by atoms with Gasteiger partial charge in [0.25, 0.3) is 0 Å². The van der Waals surface area contributed by atoms with Crippen LogP contribution in [0.3, 0.4) is 0 Å². The zero-order valence-corrected chi connectivity index (χ0v) is 10.9. The molecule has 1 aliphatic heterocycles. The SMILES string of the molecule is O=C1CN(CC(=O)c2ccccc2)c2ccccc2N1. The van der Waals surface area contributed by atoms with Crippen LogP contribution in [0.15, 0.2) is 54.6 Å². The summed E-state index contributed by atoms with van der Waals surface area (Å²) >= 11 is 0. The van der Waals surface area contributed by atoms with Crippen molar-refractivity contribution in [3.05, 3.63) is 60.2 Å². The number of nitrogens with zero attached hydrogens (tertiary/aromatic N) is 1. The number of para-hydroxylation sites is 2. The monoisotopic (exact) mass is 266 g/mol. The van der Waals surface area contributed by atoms with E-state index in [0.29, 0.717) is 5.56 Å². The number of ketones is 1. The van der Waals surface area contributed by atoms with E-state index in [1.165, 1.54) is 0 Å². The van der Waals surface area contributed by atoms with Crippen LogP contribution < -0.4 is 10.2 Å². The topological polar surface area (TPSA) is 49.4 Å². The Hall–Kier alpha value is -2.62. The van der Waals surface area contributed by atoms with E-state index in [-0.39, 0.29) is 24.8 Å². The van der Waals surface area contributed by atoms with E-state index in [2.05, 4.69) is 5.32 Å². The average Bonchev–Trinajstić information content (AvgIpc) is 2.48. The van der Waals surface area contributed by atoms with E-state index in [1.54, 1.807) is 12.1 Å². The molecule has 4 heteroatoms. The van der Waals surface area contributed by atoms with Gasteiger partial charge >= 0.3 is 0 Å². The summed E-state index contributed by atoms with van der Waals surface area (Å²) in [5.41, 5.74) is 2.30. The van der Waals surface area contributed by atoms with Gasteiger partial charge < -0.3 is 10.2 Å². The fourth-order valence-electron chi connectivity index (χ4n) is 2.33. The summed E-state index contributed by atoms with van der Waals surface area (Å²) in [5, 5.41) is 2.81. The van der Waals surface area contributed by atoms with Crippen molar-refractivity contribution in [2.24, 2.45) is 0 Å². The Bertz CT molecular complexity index is 653. The molecule has 0 aliphatic carbocycles. The van der Waals surface area contributed by atoms with Gasteiger partial charge in [-0.2, -0.15) is 0 Å². The summed E-state index contributed by atoms with van der Waals surface area (Å²) in [5.74, 6) is -0.0836. The van der Waals surface area contributed by atoms with Crippen LogP contribution in [-0.2, 0) is 4.79 Å². The zero-order valence-electron chi connectivity index (χ0n) is 10.9. The second kappa shape index (κ2) is 5.17. The Morgan fingerprint density at radius 2 is 1.75 bits per heavy atom. The maximum absolute atomic E-state index is 12.3. The molecule has 0 fully saturated rings. The molecule has 1 aliphatic rings. The molecule has 1 N–H and O–H groups in total. The summed E-state index contributed by atoms with van der Waals surface area (Å²) in [4.78, 5) is 25.8. The minimum Gasteiger partial charge on any atom is -0.353 e. The summed E-state index contributed by atoms with van der Waals surface area (Å²) in [6.07, 6.45) is 0. The largest absolute Gasteiger partial charge is 0.353 e. The number of carbonyl (C=O) groups excluding carboxylic acids is 2. The third kappa shape index (κ3) is 2.40. The van der Waals surface area contributed by atoms with E-state index in [0.717, 1.165) is 11.4 Å². The lowest BCUT2D eigenvalue weighted by Crippen LogP contribution is -2.41. The summed E-state index contributed by atoms with van der Waals surface area (Å²) in [7, 11) is 0. The van der Waals surface area contributed by atoms with E-state index >= 15 is 0 Å². The molecule has 2 aromatic carbocycles. The number of amides is 1. The molecular weight excluding hydrogens is 252 g/mol. The minimum atomic E-state index is -0.0930. The van der Waals surface area contributed by atoms with Gasteiger partial charge in [0.1, 0.15) is 0 Å². The molecule has 0 atom stereocenters. The third-order valence-corrected chi connectivity index (χ3v) is 3.28. The highest BCUT2D eigenvalue weighted by molar-refractivity contribution is 6.05. The lowest BCUT2D eigenvalue weighted by Gasteiger charge is -2.30. The van der Waals surface area contributed by atoms with Gasteiger partial charge in [-0.05, 0) is 12.1 Å². The molecule has 0 bridgehead atoms. The van der Waals surface area contributed by atoms with E-state index in [9.17, 15) is 9.59 Å². The van der Waals surface area contributed by atoms with Gasteiger partial charge in [0.2, 0.25) is 5.91 Å². The summed E-state index contributed by atoms with van der Waals surface area (Å²) < 4.78 is 0. The van der Waals surface area contributed by atoms with Gasteiger partial charge in [0, 0.05) is 5.56 Å². The van der Waals surface area contributed by atoms with E-state index in [1.807, 2.05) is 47.4 Å². The highest BCUT2D eigenvalue weighted by atomic mass is 16.2. The highest BCUT2D eigenvalue weighted by Gasteiger charge is 2.23. The first-order chi connectivity index (χ1) is 9.74. The number of carbonyl (C=O) groups is 2. The van der Waals surface area contributed by atoms with Gasteiger partial charge in [-0.3, -0.25) is 9.59 Å². The Morgan fingerprint density at radius 3 is 2.55 bits per heavy atom. The average molecular weight is 266 g/mol. The van der Waals surface area contributed by atoms with Crippen molar-refractivity contribution in [1.82, 2.24) is 0 Å². The predicted octanol–water partition coefficient (Wildman–Crippen LogP) is 2.33. The first-order valence-electron chi connectivity index (χ1n) is 6.46. The molecule has 3 rings (SSSR count). The van der Waals surface area contributed by atoms with Crippen LogP contribution in [0.1, 0.15) is 10.4 Å². The Kier molecular flexibility index (Phi) is 3.21. The van der Waals surface area contributed by atoms with Gasteiger partial charge in [-0.1, -0.05) is 42.5 Å². The van der Waals surface area contributed by atoms with Crippen LogP contribution in [0.4, 0.5) is 11.4 Å². The smallest absolute Gasteiger partial charge is 0.243 e. The Balaban J connectivity index is 1.85. The normalized spacial score (nSPS) is 13.6. The van der Waals surface area contributed by atoms with Crippen molar-refractivity contribution in [3.8, 4) is 0 Å². The summed E-state index contributed by atoms with van der Waals surface area (Å²) in [6, 6.07) is 16.6. The van der Waals surface area contributed by atoms with Crippen LogP contribution >= 0.6 is 0 Å². The van der Waals surface area contributed by atoms with Crippen molar-refractivity contribution in [1.29, 1.82) is 0 Å². The van der Waals surface area contributed by atoms with Crippen LogP contribution in [0, 0.1) is 0 Å². The maximum Gasteiger partial charge on any atom is 0.243 e. The zero-order chi connectivity index (χ0) is 13.9. The third-order valence-electron chi connectivity index (χ3n) is 3.28.